The molecule has 9 heteroatoms. The zero-order valence-corrected chi connectivity index (χ0v) is 18.3. The minimum Gasteiger partial charge on any atom is -0.361 e. The van der Waals surface area contributed by atoms with Gasteiger partial charge >= 0.3 is 0 Å². The zero-order chi connectivity index (χ0) is 22.7. The van der Waals surface area contributed by atoms with Gasteiger partial charge in [0.15, 0.2) is 0 Å². The fourth-order valence-electron chi connectivity index (χ4n) is 3.33. The lowest BCUT2D eigenvalue weighted by atomic mass is 10.1. The maximum absolute atomic E-state index is 13.1. The van der Waals surface area contributed by atoms with Crippen LogP contribution in [0.15, 0.2) is 77.8 Å². The summed E-state index contributed by atoms with van der Waals surface area (Å²) in [5.74, 6) is -0.906. The number of carbonyl (C=O) groups is 1. The summed E-state index contributed by atoms with van der Waals surface area (Å²) in [6.45, 7) is 0.374. The van der Waals surface area contributed by atoms with Gasteiger partial charge in [0.1, 0.15) is 10.7 Å². The third-order valence-electron chi connectivity index (χ3n) is 4.93. The third kappa shape index (κ3) is 4.76. The van der Waals surface area contributed by atoms with Crippen molar-refractivity contribution < 1.29 is 17.6 Å². The van der Waals surface area contributed by atoms with Gasteiger partial charge in [0.05, 0.1) is 5.02 Å². The quantitative estimate of drug-likeness (QED) is 0.364. The van der Waals surface area contributed by atoms with Crippen molar-refractivity contribution in [2.75, 3.05) is 11.3 Å². The number of amides is 1. The van der Waals surface area contributed by atoms with E-state index in [0.29, 0.717) is 13.0 Å². The molecule has 0 spiro atoms. The second-order valence-corrected chi connectivity index (χ2v) is 9.18. The van der Waals surface area contributed by atoms with E-state index in [1.165, 1.54) is 30.3 Å². The van der Waals surface area contributed by atoms with Gasteiger partial charge in [0.25, 0.3) is 15.9 Å². The van der Waals surface area contributed by atoms with Crippen LogP contribution in [0.5, 0.6) is 0 Å². The first-order chi connectivity index (χ1) is 15.3. The zero-order valence-electron chi connectivity index (χ0n) is 16.7. The van der Waals surface area contributed by atoms with Crippen molar-refractivity contribution in [1.82, 2.24) is 10.3 Å². The molecule has 0 aliphatic heterocycles. The van der Waals surface area contributed by atoms with Gasteiger partial charge < -0.3 is 10.3 Å². The monoisotopic (exact) mass is 471 g/mol. The standard InChI is InChI=1S/C23H19ClFN3O3S/c24-20-10-5-15(13-22(20)32(30,31)28-18-8-6-17(25)7-9-18)23(29)26-12-11-16-14-27-21-4-2-1-3-19(16)21/h1-10,13-14,27-28H,11-12H2,(H,26,29). The summed E-state index contributed by atoms with van der Waals surface area (Å²) in [7, 11) is -4.08. The van der Waals surface area contributed by atoms with Gasteiger partial charge in [0, 0.05) is 34.9 Å². The minimum atomic E-state index is -4.08. The first kappa shape index (κ1) is 21.9. The van der Waals surface area contributed by atoms with E-state index in [0.717, 1.165) is 28.6 Å². The maximum Gasteiger partial charge on any atom is 0.263 e. The summed E-state index contributed by atoms with van der Waals surface area (Å²) < 4.78 is 40.9. The number of rotatable bonds is 7. The molecule has 6 nitrogen and oxygen atoms in total. The van der Waals surface area contributed by atoms with Gasteiger partial charge in [-0.2, -0.15) is 0 Å². The van der Waals surface area contributed by atoms with E-state index in [4.69, 9.17) is 11.6 Å². The summed E-state index contributed by atoms with van der Waals surface area (Å²) in [6.07, 6.45) is 2.52. The molecular weight excluding hydrogens is 453 g/mol. The molecule has 0 atom stereocenters. The molecular formula is C23H19ClFN3O3S. The molecule has 164 valence electrons. The van der Waals surface area contributed by atoms with Gasteiger partial charge in [0.2, 0.25) is 0 Å². The van der Waals surface area contributed by atoms with E-state index in [1.807, 2.05) is 30.5 Å². The number of fused-ring (bicyclic) bond motifs is 1. The number of halogens is 2. The number of hydrogen-bond acceptors (Lipinski definition) is 3. The molecule has 0 radical (unpaired) electrons. The highest BCUT2D eigenvalue weighted by atomic mass is 35.5. The van der Waals surface area contributed by atoms with E-state index in [1.54, 1.807) is 0 Å². The molecule has 0 fully saturated rings. The predicted molar refractivity (Wildman–Crippen MR) is 123 cm³/mol. The van der Waals surface area contributed by atoms with Gasteiger partial charge in [-0.3, -0.25) is 9.52 Å². The second-order valence-electron chi connectivity index (χ2n) is 7.12. The lowest BCUT2D eigenvalue weighted by Crippen LogP contribution is -2.26. The Hall–Kier alpha value is -3.36. The Bertz CT molecular complexity index is 1390. The lowest BCUT2D eigenvalue weighted by molar-refractivity contribution is 0.0954. The number of aromatic nitrogens is 1. The van der Waals surface area contributed by atoms with Crippen LogP contribution in [0.3, 0.4) is 0 Å². The van der Waals surface area contributed by atoms with Crippen LogP contribution in [0.4, 0.5) is 10.1 Å². The van der Waals surface area contributed by atoms with E-state index in [-0.39, 0.29) is 21.2 Å². The molecule has 0 saturated carbocycles. The van der Waals surface area contributed by atoms with Crippen molar-refractivity contribution >= 4 is 44.1 Å². The maximum atomic E-state index is 13.1. The molecule has 1 aromatic heterocycles. The van der Waals surface area contributed by atoms with Crippen LogP contribution in [-0.4, -0.2) is 25.9 Å². The van der Waals surface area contributed by atoms with Crippen molar-refractivity contribution in [3.63, 3.8) is 0 Å². The summed E-state index contributed by atoms with van der Waals surface area (Å²) in [6, 6.07) is 16.8. The fraction of sp³-hybridized carbons (Fsp3) is 0.0870. The highest BCUT2D eigenvalue weighted by molar-refractivity contribution is 7.92. The number of anilines is 1. The Morgan fingerprint density at radius 3 is 2.56 bits per heavy atom. The molecule has 0 bridgehead atoms. The van der Waals surface area contributed by atoms with Crippen molar-refractivity contribution in [3.05, 3.63) is 94.9 Å². The van der Waals surface area contributed by atoms with E-state index in [9.17, 15) is 17.6 Å². The summed E-state index contributed by atoms with van der Waals surface area (Å²) in [5, 5.41) is 3.86. The summed E-state index contributed by atoms with van der Waals surface area (Å²) in [5.41, 5.74) is 2.43. The highest BCUT2D eigenvalue weighted by Gasteiger charge is 2.20. The van der Waals surface area contributed by atoms with E-state index < -0.39 is 21.7 Å². The van der Waals surface area contributed by atoms with Gasteiger partial charge in [-0.1, -0.05) is 29.8 Å². The number of nitrogens with one attached hydrogen (secondary N) is 3. The molecule has 0 saturated heterocycles. The van der Waals surface area contributed by atoms with Crippen molar-refractivity contribution in [1.29, 1.82) is 0 Å². The molecule has 3 N–H and O–H groups in total. The molecule has 32 heavy (non-hydrogen) atoms. The van der Waals surface area contributed by atoms with E-state index >= 15 is 0 Å². The van der Waals surface area contributed by atoms with Crippen LogP contribution >= 0.6 is 11.6 Å². The number of aromatic amines is 1. The molecule has 0 aliphatic rings. The topological polar surface area (TPSA) is 91.1 Å². The average Bonchev–Trinajstić information content (AvgIpc) is 3.18. The molecule has 1 amide bonds. The third-order valence-corrected chi connectivity index (χ3v) is 6.80. The summed E-state index contributed by atoms with van der Waals surface area (Å²) >= 11 is 6.09. The predicted octanol–water partition coefficient (Wildman–Crippen LogP) is 4.73. The smallest absolute Gasteiger partial charge is 0.263 e. The first-order valence-corrected chi connectivity index (χ1v) is 11.6. The van der Waals surface area contributed by atoms with Crippen LogP contribution in [0.2, 0.25) is 5.02 Å². The van der Waals surface area contributed by atoms with Crippen molar-refractivity contribution in [3.8, 4) is 0 Å². The van der Waals surface area contributed by atoms with Gasteiger partial charge in [-0.15, -0.1) is 0 Å². The molecule has 4 aromatic rings. The number of hydrogen-bond donors (Lipinski definition) is 3. The molecule has 0 unspecified atom stereocenters. The Balaban J connectivity index is 1.46. The normalized spacial score (nSPS) is 11.4. The Labute approximate surface area is 189 Å². The fourth-order valence-corrected chi connectivity index (χ4v) is 4.92. The van der Waals surface area contributed by atoms with Gasteiger partial charge in [-0.05, 0) is 60.5 Å². The Morgan fingerprint density at radius 2 is 1.78 bits per heavy atom. The van der Waals surface area contributed by atoms with E-state index in [2.05, 4.69) is 15.0 Å². The number of para-hydroxylation sites is 1. The first-order valence-electron chi connectivity index (χ1n) is 9.74. The molecule has 4 rings (SSSR count). The summed E-state index contributed by atoms with van der Waals surface area (Å²) in [4.78, 5) is 15.6. The number of carbonyl (C=O) groups excluding carboxylic acids is 1. The Morgan fingerprint density at radius 1 is 1.03 bits per heavy atom. The number of benzene rings is 3. The van der Waals surface area contributed by atoms with Crippen molar-refractivity contribution in [2.24, 2.45) is 0 Å². The molecule has 0 aliphatic carbocycles. The highest BCUT2D eigenvalue weighted by Crippen LogP contribution is 2.25. The van der Waals surface area contributed by atoms with Crippen LogP contribution in [-0.2, 0) is 16.4 Å². The largest absolute Gasteiger partial charge is 0.361 e. The lowest BCUT2D eigenvalue weighted by Gasteiger charge is -2.11. The molecule has 1 heterocycles. The van der Waals surface area contributed by atoms with Crippen LogP contribution < -0.4 is 10.0 Å². The Kier molecular flexibility index (Phi) is 6.16. The van der Waals surface area contributed by atoms with Crippen LogP contribution in [0.1, 0.15) is 15.9 Å². The number of H-pyrrole nitrogens is 1. The SMILES string of the molecule is O=C(NCCc1c[nH]c2ccccc12)c1ccc(Cl)c(S(=O)(=O)Nc2ccc(F)cc2)c1. The minimum absolute atomic E-state index is 0.0324. The van der Waals surface area contributed by atoms with Crippen LogP contribution in [0.25, 0.3) is 10.9 Å². The second kappa shape index (κ2) is 9.02. The van der Waals surface area contributed by atoms with Gasteiger partial charge in [-0.25, -0.2) is 12.8 Å². The molecule has 3 aromatic carbocycles. The van der Waals surface area contributed by atoms with Crippen LogP contribution in [0, 0.1) is 5.82 Å². The number of sulfonamides is 1. The van der Waals surface area contributed by atoms with Crippen molar-refractivity contribution in [2.45, 2.75) is 11.3 Å². The average molecular weight is 472 g/mol.